The van der Waals surface area contributed by atoms with Gasteiger partial charge in [-0.25, -0.2) is 0 Å². The van der Waals surface area contributed by atoms with Gasteiger partial charge in [0.2, 0.25) is 5.91 Å². The summed E-state index contributed by atoms with van der Waals surface area (Å²) in [6.45, 7) is 10.3. The van der Waals surface area contributed by atoms with Gasteiger partial charge in [-0.05, 0) is 13.8 Å². The van der Waals surface area contributed by atoms with E-state index in [0.29, 0.717) is 5.56 Å². The molecule has 0 saturated heterocycles. The molecule has 1 heterocycles. The zero-order valence-electron chi connectivity index (χ0n) is 12.8. The molecule has 5 nitrogen and oxygen atoms in total. The number of aryl methyl sites for hydroxylation is 1. The standard InChI is InChI=1S/C12H19N3O2.C2H6/c1-5-13-12-10(7-14-9(3)16)11(17)6-8(2)15(12)4;1-2/h6,13H,5,7H2,1-4H3,(H,14,16);1-2H3. The Bertz CT molecular complexity index is 478. The van der Waals surface area contributed by atoms with Crippen LogP contribution in [0.25, 0.3) is 0 Å². The zero-order valence-corrected chi connectivity index (χ0v) is 12.8. The molecule has 0 saturated carbocycles. The fourth-order valence-electron chi connectivity index (χ4n) is 1.65. The molecule has 0 aromatic carbocycles. The summed E-state index contributed by atoms with van der Waals surface area (Å²) in [6.07, 6.45) is 0. The van der Waals surface area contributed by atoms with Gasteiger partial charge in [-0.15, -0.1) is 0 Å². The van der Waals surface area contributed by atoms with Crippen molar-refractivity contribution in [3.05, 3.63) is 27.5 Å². The van der Waals surface area contributed by atoms with E-state index in [1.807, 2.05) is 39.3 Å². The predicted octanol–water partition coefficient (Wildman–Crippen LogP) is 1.79. The second-order valence-electron chi connectivity index (χ2n) is 3.98. The number of carbonyl (C=O) groups is 1. The number of hydrogen-bond donors (Lipinski definition) is 2. The molecule has 0 spiro atoms. The van der Waals surface area contributed by atoms with Gasteiger partial charge in [-0.3, -0.25) is 9.59 Å². The van der Waals surface area contributed by atoms with Crippen LogP contribution in [0.5, 0.6) is 0 Å². The summed E-state index contributed by atoms with van der Waals surface area (Å²) < 4.78 is 1.92. The van der Waals surface area contributed by atoms with Crippen molar-refractivity contribution in [3.63, 3.8) is 0 Å². The average Bonchev–Trinajstić information content (AvgIpc) is 2.37. The highest BCUT2D eigenvalue weighted by Crippen LogP contribution is 2.12. The molecule has 0 fully saturated rings. The minimum atomic E-state index is -0.143. The lowest BCUT2D eigenvalue weighted by molar-refractivity contribution is -0.119. The van der Waals surface area contributed by atoms with E-state index in [4.69, 9.17) is 0 Å². The van der Waals surface area contributed by atoms with E-state index in [-0.39, 0.29) is 17.9 Å². The first-order valence-corrected chi connectivity index (χ1v) is 6.65. The molecule has 19 heavy (non-hydrogen) atoms. The minimum Gasteiger partial charge on any atom is -0.371 e. The first-order valence-electron chi connectivity index (χ1n) is 6.65. The maximum absolute atomic E-state index is 11.9. The highest BCUT2D eigenvalue weighted by molar-refractivity contribution is 5.73. The molecule has 2 N–H and O–H groups in total. The van der Waals surface area contributed by atoms with Crippen molar-refractivity contribution in [2.24, 2.45) is 7.05 Å². The fourth-order valence-corrected chi connectivity index (χ4v) is 1.65. The van der Waals surface area contributed by atoms with Gasteiger partial charge < -0.3 is 15.2 Å². The van der Waals surface area contributed by atoms with Crippen LogP contribution in [0.3, 0.4) is 0 Å². The summed E-state index contributed by atoms with van der Waals surface area (Å²) in [4.78, 5) is 22.8. The predicted molar refractivity (Wildman–Crippen MR) is 79.5 cm³/mol. The number of hydrogen-bond acceptors (Lipinski definition) is 3. The molecule has 0 unspecified atom stereocenters. The molecule has 1 aromatic heterocycles. The maximum atomic E-state index is 11.9. The third-order valence-electron chi connectivity index (χ3n) is 2.65. The largest absolute Gasteiger partial charge is 0.371 e. The zero-order chi connectivity index (χ0) is 15.0. The van der Waals surface area contributed by atoms with Crippen LogP contribution in [0.15, 0.2) is 10.9 Å². The molecular formula is C14H25N3O2. The van der Waals surface area contributed by atoms with Crippen LogP contribution < -0.4 is 16.1 Å². The van der Waals surface area contributed by atoms with Crippen LogP contribution in [-0.4, -0.2) is 17.0 Å². The number of nitrogens with one attached hydrogen (secondary N) is 2. The molecule has 108 valence electrons. The first-order chi connectivity index (χ1) is 8.97. The third-order valence-corrected chi connectivity index (χ3v) is 2.65. The van der Waals surface area contributed by atoms with E-state index in [0.717, 1.165) is 18.1 Å². The molecule has 1 rings (SSSR count). The first kappa shape index (κ1) is 17.2. The second kappa shape index (κ2) is 8.34. The third kappa shape index (κ3) is 4.77. The topological polar surface area (TPSA) is 63.1 Å². The Balaban J connectivity index is 0.00000154. The van der Waals surface area contributed by atoms with Crippen molar-refractivity contribution in [1.29, 1.82) is 0 Å². The van der Waals surface area contributed by atoms with Gasteiger partial charge >= 0.3 is 0 Å². The number of rotatable bonds is 4. The van der Waals surface area contributed by atoms with Crippen LogP contribution in [0.1, 0.15) is 39.0 Å². The SMILES string of the molecule is CC.CCNc1c(CNC(C)=O)c(=O)cc(C)n1C. The van der Waals surface area contributed by atoms with Crippen LogP contribution >= 0.6 is 0 Å². The molecule has 0 atom stereocenters. The van der Waals surface area contributed by atoms with Crippen molar-refractivity contribution >= 4 is 11.7 Å². The molecule has 0 aliphatic carbocycles. The fraction of sp³-hybridized carbons (Fsp3) is 0.571. The van der Waals surface area contributed by atoms with Gasteiger partial charge in [0.15, 0.2) is 5.43 Å². The van der Waals surface area contributed by atoms with Gasteiger partial charge in [-0.2, -0.15) is 0 Å². The summed E-state index contributed by atoms with van der Waals surface area (Å²) in [6, 6.07) is 1.58. The Labute approximate surface area is 115 Å². The van der Waals surface area contributed by atoms with E-state index in [9.17, 15) is 9.59 Å². The van der Waals surface area contributed by atoms with E-state index < -0.39 is 0 Å². The molecular weight excluding hydrogens is 242 g/mol. The molecule has 0 bridgehead atoms. The van der Waals surface area contributed by atoms with Crippen LogP contribution in [0, 0.1) is 6.92 Å². The van der Waals surface area contributed by atoms with Crippen LogP contribution in [0.4, 0.5) is 5.82 Å². The summed E-state index contributed by atoms with van der Waals surface area (Å²) in [5, 5.41) is 5.82. The molecule has 1 amide bonds. The number of amides is 1. The lowest BCUT2D eigenvalue weighted by Crippen LogP contribution is -2.27. The highest BCUT2D eigenvalue weighted by atomic mass is 16.1. The lowest BCUT2D eigenvalue weighted by Gasteiger charge is -2.17. The van der Waals surface area contributed by atoms with Gasteiger partial charge in [0.1, 0.15) is 5.82 Å². The summed E-state index contributed by atoms with van der Waals surface area (Å²) in [5.41, 5.74) is 1.43. The number of anilines is 1. The summed E-state index contributed by atoms with van der Waals surface area (Å²) in [5.74, 6) is 0.626. The van der Waals surface area contributed by atoms with Crippen molar-refractivity contribution in [2.45, 2.75) is 41.2 Å². The van der Waals surface area contributed by atoms with Crippen LogP contribution in [-0.2, 0) is 18.4 Å². The summed E-state index contributed by atoms with van der Waals surface area (Å²) in [7, 11) is 1.89. The van der Waals surface area contributed by atoms with Crippen LogP contribution in [0.2, 0.25) is 0 Å². The van der Waals surface area contributed by atoms with Gasteiger partial charge in [-0.1, -0.05) is 13.8 Å². The Kier molecular flexibility index (Phi) is 7.56. The van der Waals surface area contributed by atoms with Gasteiger partial charge in [0, 0.05) is 32.3 Å². The van der Waals surface area contributed by atoms with Crippen molar-refractivity contribution in [3.8, 4) is 0 Å². The Morgan fingerprint density at radius 3 is 2.42 bits per heavy atom. The Morgan fingerprint density at radius 2 is 1.95 bits per heavy atom. The molecule has 1 aromatic rings. The highest BCUT2D eigenvalue weighted by Gasteiger charge is 2.11. The summed E-state index contributed by atoms with van der Waals surface area (Å²) >= 11 is 0. The minimum absolute atomic E-state index is 0.0506. The number of nitrogens with zero attached hydrogens (tertiary/aromatic N) is 1. The van der Waals surface area contributed by atoms with E-state index >= 15 is 0 Å². The molecule has 0 aliphatic rings. The lowest BCUT2D eigenvalue weighted by atomic mass is 10.2. The second-order valence-corrected chi connectivity index (χ2v) is 3.98. The number of carbonyl (C=O) groups excluding carboxylic acids is 1. The Morgan fingerprint density at radius 1 is 1.37 bits per heavy atom. The smallest absolute Gasteiger partial charge is 0.217 e. The quantitative estimate of drug-likeness (QED) is 0.874. The van der Waals surface area contributed by atoms with E-state index in [2.05, 4.69) is 10.6 Å². The van der Waals surface area contributed by atoms with Crippen molar-refractivity contribution in [2.75, 3.05) is 11.9 Å². The van der Waals surface area contributed by atoms with Gasteiger partial charge in [0.25, 0.3) is 0 Å². The van der Waals surface area contributed by atoms with Crippen molar-refractivity contribution in [1.82, 2.24) is 9.88 Å². The van der Waals surface area contributed by atoms with Gasteiger partial charge in [0.05, 0.1) is 12.1 Å². The maximum Gasteiger partial charge on any atom is 0.217 e. The molecule has 0 radical (unpaired) electrons. The monoisotopic (exact) mass is 267 g/mol. The average molecular weight is 267 g/mol. The van der Waals surface area contributed by atoms with Crippen molar-refractivity contribution < 1.29 is 4.79 Å². The number of aromatic nitrogens is 1. The van der Waals surface area contributed by atoms with E-state index in [1.165, 1.54) is 6.92 Å². The number of pyridine rings is 1. The Hall–Kier alpha value is -1.78. The normalized spacial score (nSPS) is 9.37. The van der Waals surface area contributed by atoms with E-state index in [1.54, 1.807) is 6.07 Å². The molecule has 5 heteroatoms. The molecule has 0 aliphatic heterocycles.